The summed E-state index contributed by atoms with van der Waals surface area (Å²) in [6, 6.07) is 17.1. The second kappa shape index (κ2) is 14.9. The second-order valence-corrected chi connectivity index (χ2v) is 15.6. The molecule has 1 amide bonds. The van der Waals surface area contributed by atoms with E-state index < -0.39 is 40.0 Å². The van der Waals surface area contributed by atoms with Crippen molar-refractivity contribution in [1.82, 2.24) is 10.6 Å². The number of esters is 1. The van der Waals surface area contributed by atoms with Crippen LogP contribution in [0.25, 0.3) is 22.9 Å². The summed E-state index contributed by atoms with van der Waals surface area (Å²) in [6.07, 6.45) is 2.71. The van der Waals surface area contributed by atoms with Gasteiger partial charge in [-0.1, -0.05) is 50.6 Å². The number of anilines is 1. The predicted octanol–water partition coefficient (Wildman–Crippen LogP) is 3.51. The number of carbonyl (C=O) groups excluding carboxylic acids is 2. The fraction of sp³-hybridized carbons (Fsp3) is 0.421. The number of nitrogens with two attached hydrogens (primary N) is 1. The van der Waals surface area contributed by atoms with Crippen LogP contribution in [0.1, 0.15) is 76.4 Å². The molecule has 2 aliphatic rings. The Balaban J connectivity index is 1.49. The van der Waals surface area contributed by atoms with Gasteiger partial charge in [0.25, 0.3) is 5.91 Å². The maximum Gasteiger partial charge on any atom is 0.328 e. The van der Waals surface area contributed by atoms with Crippen LogP contribution in [0.3, 0.4) is 0 Å². The van der Waals surface area contributed by atoms with Gasteiger partial charge in [-0.3, -0.25) is 4.79 Å². The zero-order valence-corrected chi connectivity index (χ0v) is 30.3. The first kappa shape index (κ1) is 37.0. The molecule has 1 saturated heterocycles. The Kier molecular flexibility index (Phi) is 11.1. The zero-order valence-electron chi connectivity index (χ0n) is 29.4. The Labute approximate surface area is 294 Å². The molecule has 268 valence electrons. The summed E-state index contributed by atoms with van der Waals surface area (Å²) in [5.41, 5.74) is 4.18. The highest BCUT2D eigenvalue weighted by Crippen LogP contribution is 2.41. The van der Waals surface area contributed by atoms with Crippen LogP contribution in [0.5, 0.6) is 0 Å². The van der Waals surface area contributed by atoms with E-state index in [1.165, 1.54) is 17.7 Å². The molecule has 5 rings (SSSR count). The van der Waals surface area contributed by atoms with Crippen LogP contribution in [-0.2, 0) is 24.3 Å². The lowest BCUT2D eigenvalue weighted by atomic mass is 9.98. The highest BCUT2D eigenvalue weighted by atomic mass is 32.2. The normalized spacial score (nSPS) is 20.7. The quantitative estimate of drug-likeness (QED) is 0.0957. The zero-order chi connectivity index (χ0) is 36.4. The summed E-state index contributed by atoms with van der Waals surface area (Å²) in [6.45, 7) is 12.0. The van der Waals surface area contributed by atoms with Crippen molar-refractivity contribution in [2.45, 2.75) is 83.3 Å². The summed E-state index contributed by atoms with van der Waals surface area (Å²) < 4.78 is 35.1. The number of hydrogen-bond acceptors (Lipinski definition) is 9. The molecule has 11 nitrogen and oxygen atoms in total. The largest absolute Gasteiger partial charge is 0.464 e. The third-order valence-electron chi connectivity index (χ3n) is 8.89. The molecule has 6 N–H and O–H groups in total. The lowest BCUT2D eigenvalue weighted by Crippen LogP contribution is -2.45. The maximum atomic E-state index is 13.2. The van der Waals surface area contributed by atoms with Crippen molar-refractivity contribution in [3.8, 4) is 11.1 Å². The van der Waals surface area contributed by atoms with Crippen molar-refractivity contribution in [1.29, 1.82) is 0 Å². The Bertz CT molecular complexity index is 1970. The smallest absolute Gasteiger partial charge is 0.328 e. The average molecular weight is 705 g/mol. The number of aliphatic hydroxyl groups is 1. The predicted molar refractivity (Wildman–Crippen MR) is 193 cm³/mol. The number of amides is 1. The van der Waals surface area contributed by atoms with E-state index in [9.17, 15) is 23.1 Å². The average Bonchev–Trinajstić information content (AvgIpc) is 3.98. The minimum atomic E-state index is -3.87. The molecule has 4 atom stereocenters. The minimum absolute atomic E-state index is 0.0185. The number of primary sulfonamides is 1. The van der Waals surface area contributed by atoms with Crippen LogP contribution in [-0.4, -0.2) is 56.4 Å². The van der Waals surface area contributed by atoms with E-state index in [4.69, 9.17) is 14.6 Å². The van der Waals surface area contributed by atoms with Gasteiger partial charge < -0.3 is 30.5 Å². The van der Waals surface area contributed by atoms with E-state index in [1.807, 2.05) is 32.2 Å². The van der Waals surface area contributed by atoms with Crippen LogP contribution in [0.4, 0.5) is 5.69 Å². The van der Waals surface area contributed by atoms with Gasteiger partial charge in [-0.2, -0.15) is 0 Å². The summed E-state index contributed by atoms with van der Waals surface area (Å²) in [7, 11) is -3.87. The Morgan fingerprint density at radius 3 is 2.42 bits per heavy atom. The van der Waals surface area contributed by atoms with Gasteiger partial charge >= 0.3 is 5.97 Å². The van der Waals surface area contributed by atoms with Crippen molar-refractivity contribution in [3.05, 3.63) is 82.2 Å². The molecule has 4 unspecified atom stereocenters. The van der Waals surface area contributed by atoms with Crippen molar-refractivity contribution in [2.75, 3.05) is 18.5 Å². The van der Waals surface area contributed by atoms with Gasteiger partial charge in [-0.25, -0.2) is 18.4 Å². The van der Waals surface area contributed by atoms with Crippen LogP contribution >= 0.6 is 0 Å². The highest BCUT2D eigenvalue weighted by Gasteiger charge is 2.41. The molecule has 0 bridgehead atoms. The molecule has 0 aromatic heterocycles. The summed E-state index contributed by atoms with van der Waals surface area (Å²) >= 11 is 0. The van der Waals surface area contributed by atoms with Gasteiger partial charge in [0, 0.05) is 29.6 Å². The molecule has 1 aliphatic carbocycles. The summed E-state index contributed by atoms with van der Waals surface area (Å²) in [4.78, 5) is 25.7. The number of carbonyl (C=O) groups is 2. The SMILES string of the molecule is CCOC(=O)C(NC(=O)c1ccc(-c2cc(=C3\CC3C)/c(=C\NCCC(C)(C)O)cc2NC2OC2c2cccc(S(N)(=O)=O)c2)cc1)C(C)C. The number of benzene rings is 3. The van der Waals surface area contributed by atoms with Gasteiger partial charge in [0.2, 0.25) is 10.0 Å². The summed E-state index contributed by atoms with van der Waals surface area (Å²) in [5, 5.41) is 27.3. The van der Waals surface area contributed by atoms with Gasteiger partial charge in [-0.05, 0) is 103 Å². The van der Waals surface area contributed by atoms with Gasteiger partial charge in [0.15, 0.2) is 6.23 Å². The van der Waals surface area contributed by atoms with Gasteiger partial charge in [0.05, 0.1) is 17.1 Å². The van der Waals surface area contributed by atoms with Gasteiger partial charge in [-0.15, -0.1) is 0 Å². The molecule has 12 heteroatoms. The molecule has 2 fully saturated rings. The number of epoxide rings is 1. The summed E-state index contributed by atoms with van der Waals surface area (Å²) in [5.74, 6) is -0.539. The first-order valence-corrected chi connectivity index (χ1v) is 18.6. The Morgan fingerprint density at radius 2 is 1.82 bits per heavy atom. The first-order chi connectivity index (χ1) is 23.6. The monoisotopic (exact) mass is 704 g/mol. The van der Waals surface area contributed by atoms with E-state index in [1.54, 1.807) is 45.0 Å². The van der Waals surface area contributed by atoms with Crippen molar-refractivity contribution in [2.24, 2.45) is 17.0 Å². The lowest BCUT2D eigenvalue weighted by Gasteiger charge is -2.20. The van der Waals surface area contributed by atoms with E-state index >= 15 is 0 Å². The topological polar surface area (TPSA) is 172 Å². The fourth-order valence-corrected chi connectivity index (χ4v) is 6.40. The maximum absolute atomic E-state index is 13.2. The molecule has 1 aliphatic heterocycles. The first-order valence-electron chi connectivity index (χ1n) is 17.0. The number of rotatable bonds is 14. The molecular weight excluding hydrogens is 657 g/mol. The Morgan fingerprint density at radius 1 is 1.12 bits per heavy atom. The highest BCUT2D eigenvalue weighted by molar-refractivity contribution is 7.89. The third-order valence-corrected chi connectivity index (χ3v) is 9.80. The minimum Gasteiger partial charge on any atom is -0.464 e. The lowest BCUT2D eigenvalue weighted by molar-refractivity contribution is -0.146. The number of nitrogens with one attached hydrogen (secondary N) is 3. The van der Waals surface area contributed by atoms with Crippen LogP contribution in [0.2, 0.25) is 0 Å². The van der Waals surface area contributed by atoms with Gasteiger partial charge in [0.1, 0.15) is 12.1 Å². The van der Waals surface area contributed by atoms with E-state index in [0.29, 0.717) is 30.0 Å². The second-order valence-electron chi connectivity index (χ2n) is 14.0. The molecule has 1 saturated carbocycles. The molecule has 3 aromatic rings. The molecule has 50 heavy (non-hydrogen) atoms. The molecule has 1 heterocycles. The molecule has 0 spiro atoms. The third kappa shape index (κ3) is 9.30. The standard InChI is InChI=1S/C38H48N4O7S/c1-7-48-37(44)33(22(2)3)42-35(43)25-13-11-24(12-14-25)31-20-30(29-17-23(29)4)27(21-40-16-15-38(5,6)45)19-32(31)41-36-34(49-36)26-9-8-10-28(18-26)50(39,46)47/h8-14,18-23,33-34,36,40-41,45H,7,15-17H2,1-6H3,(H,42,43)(H2,39,46,47)/b27-21-,30-29-. The Hall–Kier alpha value is -4.23. The van der Waals surface area contributed by atoms with Crippen molar-refractivity contribution in [3.63, 3.8) is 0 Å². The van der Waals surface area contributed by atoms with Crippen molar-refractivity contribution < 1.29 is 32.6 Å². The van der Waals surface area contributed by atoms with Crippen LogP contribution in [0, 0.1) is 11.8 Å². The molecular formula is C38H48N4O7S. The number of sulfonamides is 1. The van der Waals surface area contributed by atoms with E-state index in [-0.39, 0.29) is 23.3 Å². The number of hydrogen-bond donors (Lipinski definition) is 5. The molecule has 3 aromatic carbocycles. The fourth-order valence-electron chi connectivity index (χ4n) is 5.83. The number of ether oxygens (including phenoxy) is 2. The molecule has 0 radical (unpaired) electrons. The van der Waals surface area contributed by atoms with Crippen LogP contribution in [0.15, 0.2) is 65.6 Å². The van der Waals surface area contributed by atoms with E-state index in [2.05, 4.69) is 35.0 Å². The van der Waals surface area contributed by atoms with E-state index in [0.717, 1.165) is 33.7 Å². The van der Waals surface area contributed by atoms with Crippen molar-refractivity contribution >= 4 is 39.4 Å². The van der Waals surface area contributed by atoms with Crippen LogP contribution < -0.4 is 31.5 Å².